The number of nitrogens with zero attached hydrogens (tertiary/aromatic N) is 1. The molecule has 0 spiro atoms. The van der Waals surface area contributed by atoms with Crippen molar-refractivity contribution >= 4 is 5.97 Å². The average Bonchev–Trinajstić information content (AvgIpc) is 3.27. The summed E-state index contributed by atoms with van der Waals surface area (Å²) in [5.41, 5.74) is 0. The number of hydrogen-bond acceptors (Lipinski definition) is 7. The SMILES string of the molecule is CCOC(=O)CCN(Cc1ccco1)CC(O)COCc1ccco1. The number of carbonyl (C=O) groups excluding carboxylic acids is 1. The molecule has 0 saturated heterocycles. The molecule has 2 heterocycles. The van der Waals surface area contributed by atoms with Crippen LogP contribution in [0.15, 0.2) is 45.6 Å². The molecule has 7 heteroatoms. The summed E-state index contributed by atoms with van der Waals surface area (Å²) in [5.74, 6) is 1.23. The lowest BCUT2D eigenvalue weighted by atomic mass is 10.3. The van der Waals surface area contributed by atoms with Crippen molar-refractivity contribution in [2.24, 2.45) is 0 Å². The predicted octanol–water partition coefficient (Wildman–Crippen LogP) is 2.21. The number of carbonyl (C=O) groups is 1. The average molecular weight is 351 g/mol. The number of aliphatic hydroxyl groups excluding tert-OH is 1. The lowest BCUT2D eigenvalue weighted by Gasteiger charge is -2.23. The van der Waals surface area contributed by atoms with Crippen molar-refractivity contribution < 1.29 is 28.2 Å². The number of ether oxygens (including phenoxy) is 2. The van der Waals surface area contributed by atoms with Crippen LogP contribution in [0.4, 0.5) is 0 Å². The first-order chi connectivity index (χ1) is 12.2. The van der Waals surface area contributed by atoms with Gasteiger partial charge in [-0.1, -0.05) is 0 Å². The molecule has 0 aromatic carbocycles. The fourth-order valence-corrected chi connectivity index (χ4v) is 2.38. The summed E-state index contributed by atoms with van der Waals surface area (Å²) < 4.78 is 20.9. The molecule has 2 aromatic rings. The van der Waals surface area contributed by atoms with Crippen LogP contribution in [0.1, 0.15) is 24.9 Å². The number of aliphatic hydroxyl groups is 1. The molecular weight excluding hydrogens is 326 g/mol. The van der Waals surface area contributed by atoms with Gasteiger partial charge in [-0.25, -0.2) is 0 Å². The van der Waals surface area contributed by atoms with Gasteiger partial charge in [0.25, 0.3) is 0 Å². The number of rotatable bonds is 12. The van der Waals surface area contributed by atoms with Crippen molar-refractivity contribution in [3.63, 3.8) is 0 Å². The summed E-state index contributed by atoms with van der Waals surface area (Å²) in [7, 11) is 0. The van der Waals surface area contributed by atoms with E-state index in [1.165, 1.54) is 0 Å². The first-order valence-corrected chi connectivity index (χ1v) is 8.36. The topological polar surface area (TPSA) is 85.3 Å². The van der Waals surface area contributed by atoms with Crippen LogP contribution >= 0.6 is 0 Å². The van der Waals surface area contributed by atoms with E-state index in [1.807, 2.05) is 23.1 Å². The van der Waals surface area contributed by atoms with Crippen molar-refractivity contribution in [2.45, 2.75) is 32.6 Å². The Balaban J connectivity index is 1.77. The molecule has 2 aromatic heterocycles. The van der Waals surface area contributed by atoms with Gasteiger partial charge in [-0.3, -0.25) is 9.69 Å². The molecular formula is C18H25NO6. The molecule has 0 aliphatic heterocycles. The lowest BCUT2D eigenvalue weighted by molar-refractivity contribution is -0.143. The van der Waals surface area contributed by atoms with Crippen molar-refractivity contribution in [1.29, 1.82) is 0 Å². The van der Waals surface area contributed by atoms with Crippen LogP contribution < -0.4 is 0 Å². The molecule has 1 unspecified atom stereocenters. The van der Waals surface area contributed by atoms with Crippen molar-refractivity contribution in [1.82, 2.24) is 4.90 Å². The second-order valence-corrected chi connectivity index (χ2v) is 5.62. The molecule has 138 valence electrons. The molecule has 0 aliphatic carbocycles. The van der Waals surface area contributed by atoms with Gasteiger partial charge in [0.1, 0.15) is 18.1 Å². The minimum Gasteiger partial charge on any atom is -0.468 e. The Morgan fingerprint density at radius 3 is 2.60 bits per heavy atom. The van der Waals surface area contributed by atoms with E-state index < -0.39 is 6.10 Å². The first-order valence-electron chi connectivity index (χ1n) is 8.36. The van der Waals surface area contributed by atoms with Crippen molar-refractivity contribution in [2.75, 3.05) is 26.3 Å². The predicted molar refractivity (Wildman–Crippen MR) is 89.6 cm³/mol. The molecule has 1 atom stereocenters. The third-order valence-corrected chi connectivity index (χ3v) is 3.50. The Hall–Kier alpha value is -2.09. The highest BCUT2D eigenvalue weighted by atomic mass is 16.5. The molecule has 0 bridgehead atoms. The molecule has 2 rings (SSSR count). The van der Waals surface area contributed by atoms with Crippen LogP contribution in [0.2, 0.25) is 0 Å². The Labute approximate surface area is 147 Å². The van der Waals surface area contributed by atoms with Gasteiger partial charge in [0.2, 0.25) is 0 Å². The van der Waals surface area contributed by atoms with E-state index in [1.54, 1.807) is 25.5 Å². The second kappa shape index (κ2) is 10.7. The van der Waals surface area contributed by atoms with Crippen LogP contribution in [0.5, 0.6) is 0 Å². The standard InChI is InChI=1S/C18H25NO6/c1-2-23-18(21)7-8-19(12-16-5-3-9-24-16)11-15(20)13-22-14-17-6-4-10-25-17/h3-6,9-10,15,20H,2,7-8,11-14H2,1H3. The summed E-state index contributed by atoms with van der Waals surface area (Å²) >= 11 is 0. The second-order valence-electron chi connectivity index (χ2n) is 5.62. The number of hydrogen-bond donors (Lipinski definition) is 1. The molecule has 0 saturated carbocycles. The van der Waals surface area contributed by atoms with Crippen LogP contribution in [0.25, 0.3) is 0 Å². The molecule has 7 nitrogen and oxygen atoms in total. The molecule has 1 N–H and O–H groups in total. The molecule has 0 radical (unpaired) electrons. The maximum atomic E-state index is 11.6. The molecule has 0 amide bonds. The van der Waals surface area contributed by atoms with Crippen LogP contribution in [-0.2, 0) is 27.4 Å². The Morgan fingerprint density at radius 1 is 1.24 bits per heavy atom. The van der Waals surface area contributed by atoms with E-state index in [2.05, 4.69) is 0 Å². The van der Waals surface area contributed by atoms with Gasteiger partial charge < -0.3 is 23.4 Å². The van der Waals surface area contributed by atoms with Gasteiger partial charge in [-0.2, -0.15) is 0 Å². The maximum absolute atomic E-state index is 11.6. The lowest BCUT2D eigenvalue weighted by Crippen LogP contribution is -2.36. The summed E-state index contributed by atoms with van der Waals surface area (Å²) in [5, 5.41) is 10.2. The fourth-order valence-electron chi connectivity index (χ4n) is 2.38. The van der Waals surface area contributed by atoms with Crippen molar-refractivity contribution in [3.8, 4) is 0 Å². The van der Waals surface area contributed by atoms with E-state index in [0.717, 1.165) is 5.76 Å². The van der Waals surface area contributed by atoms with E-state index in [-0.39, 0.29) is 19.0 Å². The van der Waals surface area contributed by atoms with Gasteiger partial charge in [-0.05, 0) is 31.2 Å². The van der Waals surface area contributed by atoms with Crippen molar-refractivity contribution in [3.05, 3.63) is 48.3 Å². The summed E-state index contributed by atoms with van der Waals surface area (Å²) in [6.07, 6.45) is 2.75. The highest BCUT2D eigenvalue weighted by molar-refractivity contribution is 5.69. The molecule has 0 aliphatic rings. The van der Waals surface area contributed by atoms with Gasteiger partial charge >= 0.3 is 5.97 Å². The Morgan fingerprint density at radius 2 is 1.96 bits per heavy atom. The van der Waals surface area contributed by atoms with Gasteiger partial charge in [0.15, 0.2) is 0 Å². The Bertz CT molecular complexity index is 581. The smallest absolute Gasteiger partial charge is 0.307 e. The number of furan rings is 2. The van der Waals surface area contributed by atoms with E-state index in [0.29, 0.717) is 38.6 Å². The third-order valence-electron chi connectivity index (χ3n) is 3.50. The highest BCUT2D eigenvalue weighted by Gasteiger charge is 2.16. The zero-order valence-electron chi connectivity index (χ0n) is 14.4. The van der Waals surface area contributed by atoms with E-state index in [9.17, 15) is 9.90 Å². The Kier molecular flexibility index (Phi) is 8.24. The first kappa shape index (κ1) is 19.2. The largest absolute Gasteiger partial charge is 0.468 e. The third kappa shape index (κ3) is 7.55. The monoisotopic (exact) mass is 351 g/mol. The van der Waals surface area contributed by atoms with Crippen LogP contribution in [0.3, 0.4) is 0 Å². The molecule has 0 fully saturated rings. The summed E-state index contributed by atoms with van der Waals surface area (Å²) in [4.78, 5) is 13.5. The van der Waals surface area contributed by atoms with Gasteiger partial charge in [0, 0.05) is 13.1 Å². The minimum absolute atomic E-state index is 0.175. The van der Waals surface area contributed by atoms with Gasteiger partial charge in [0.05, 0.1) is 44.8 Å². The zero-order valence-corrected chi connectivity index (χ0v) is 14.4. The quantitative estimate of drug-likeness (QED) is 0.587. The van der Waals surface area contributed by atoms with E-state index in [4.69, 9.17) is 18.3 Å². The van der Waals surface area contributed by atoms with Crippen LogP contribution in [-0.4, -0.2) is 48.4 Å². The zero-order chi connectivity index (χ0) is 17.9. The maximum Gasteiger partial charge on any atom is 0.307 e. The van der Waals surface area contributed by atoms with Gasteiger partial charge in [-0.15, -0.1) is 0 Å². The normalized spacial score (nSPS) is 12.4. The van der Waals surface area contributed by atoms with Crippen LogP contribution in [0, 0.1) is 0 Å². The van der Waals surface area contributed by atoms with E-state index >= 15 is 0 Å². The minimum atomic E-state index is -0.688. The number of esters is 1. The summed E-state index contributed by atoms with van der Waals surface area (Å²) in [6, 6.07) is 7.27. The highest BCUT2D eigenvalue weighted by Crippen LogP contribution is 2.08. The molecule has 25 heavy (non-hydrogen) atoms. The summed E-state index contributed by atoms with van der Waals surface area (Å²) in [6.45, 7) is 3.95. The fraction of sp³-hybridized carbons (Fsp3) is 0.500.